The molecule has 2 aromatic heterocycles. The molecule has 1 saturated heterocycles. The predicted molar refractivity (Wildman–Crippen MR) is 88.1 cm³/mol. The minimum Gasteiger partial charge on any atom is -0.464 e. The van der Waals surface area contributed by atoms with Crippen molar-refractivity contribution in [3.05, 3.63) is 24.1 Å². The number of furan rings is 1. The molecular weight excluding hydrogens is 294 g/mol. The van der Waals surface area contributed by atoms with E-state index in [4.69, 9.17) is 9.25 Å². The SMILES string of the molecule is Cc1cnc(N2CCN(OC(=O)C(C)(C)C)CC2)c2ccoc12. The summed E-state index contributed by atoms with van der Waals surface area (Å²) >= 11 is 0. The van der Waals surface area contributed by atoms with Crippen molar-refractivity contribution in [3.63, 3.8) is 0 Å². The van der Waals surface area contributed by atoms with Crippen molar-refractivity contribution >= 4 is 22.8 Å². The number of hydrogen-bond acceptors (Lipinski definition) is 6. The number of piperazine rings is 1. The van der Waals surface area contributed by atoms with Gasteiger partial charge in [-0.25, -0.2) is 9.78 Å². The molecule has 3 rings (SSSR count). The van der Waals surface area contributed by atoms with Gasteiger partial charge in [-0.2, -0.15) is 0 Å². The van der Waals surface area contributed by atoms with Crippen LogP contribution in [0, 0.1) is 12.3 Å². The summed E-state index contributed by atoms with van der Waals surface area (Å²) < 4.78 is 5.54. The van der Waals surface area contributed by atoms with E-state index in [0.29, 0.717) is 13.1 Å². The first kappa shape index (κ1) is 15.8. The quantitative estimate of drug-likeness (QED) is 0.849. The van der Waals surface area contributed by atoms with Gasteiger partial charge >= 0.3 is 5.97 Å². The lowest BCUT2D eigenvalue weighted by atomic mass is 9.98. The van der Waals surface area contributed by atoms with Gasteiger partial charge in [0.1, 0.15) is 11.4 Å². The van der Waals surface area contributed by atoms with E-state index >= 15 is 0 Å². The lowest BCUT2D eigenvalue weighted by Crippen LogP contribution is -2.48. The lowest BCUT2D eigenvalue weighted by Gasteiger charge is -2.35. The standard InChI is InChI=1S/C17H23N3O3/c1-12-11-18-15(13-5-10-22-14(12)13)19-6-8-20(9-7-19)23-16(21)17(2,3)4/h5,10-11H,6-9H2,1-4H3. The van der Waals surface area contributed by atoms with Crippen LogP contribution in [0.15, 0.2) is 22.9 Å². The minimum atomic E-state index is -0.487. The third-order valence-electron chi connectivity index (χ3n) is 4.01. The summed E-state index contributed by atoms with van der Waals surface area (Å²) in [4.78, 5) is 24.2. The van der Waals surface area contributed by atoms with E-state index < -0.39 is 5.41 Å². The Balaban J connectivity index is 1.68. The Labute approximate surface area is 136 Å². The summed E-state index contributed by atoms with van der Waals surface area (Å²) in [7, 11) is 0. The molecule has 0 N–H and O–H groups in total. The Kier molecular flexibility index (Phi) is 4.02. The van der Waals surface area contributed by atoms with Gasteiger partial charge in [0.25, 0.3) is 0 Å². The molecule has 0 spiro atoms. The highest BCUT2D eigenvalue weighted by atomic mass is 16.7. The number of hydroxylamine groups is 2. The van der Waals surface area contributed by atoms with Gasteiger partial charge in [0, 0.05) is 24.8 Å². The van der Waals surface area contributed by atoms with Crippen molar-refractivity contribution in [2.45, 2.75) is 27.7 Å². The highest BCUT2D eigenvalue weighted by Gasteiger charge is 2.28. The van der Waals surface area contributed by atoms with Crippen LogP contribution in [0.4, 0.5) is 5.82 Å². The van der Waals surface area contributed by atoms with E-state index in [1.165, 1.54) is 0 Å². The first-order valence-electron chi connectivity index (χ1n) is 7.91. The molecule has 0 radical (unpaired) electrons. The maximum atomic E-state index is 12.0. The third-order valence-corrected chi connectivity index (χ3v) is 4.01. The molecule has 2 aromatic rings. The second-order valence-electron chi connectivity index (χ2n) is 6.97. The van der Waals surface area contributed by atoms with Crippen molar-refractivity contribution < 1.29 is 14.0 Å². The van der Waals surface area contributed by atoms with Crippen LogP contribution in [0.2, 0.25) is 0 Å². The van der Waals surface area contributed by atoms with E-state index in [0.717, 1.165) is 35.4 Å². The van der Waals surface area contributed by atoms with Crippen molar-refractivity contribution in [2.75, 3.05) is 31.1 Å². The molecule has 0 unspecified atom stereocenters. The zero-order valence-electron chi connectivity index (χ0n) is 14.1. The summed E-state index contributed by atoms with van der Waals surface area (Å²) in [5.41, 5.74) is 1.43. The fourth-order valence-corrected chi connectivity index (χ4v) is 2.57. The van der Waals surface area contributed by atoms with Crippen molar-refractivity contribution in [3.8, 4) is 0 Å². The topological polar surface area (TPSA) is 58.8 Å². The van der Waals surface area contributed by atoms with E-state index in [1.54, 1.807) is 11.3 Å². The maximum absolute atomic E-state index is 12.0. The molecule has 0 aliphatic carbocycles. The second-order valence-corrected chi connectivity index (χ2v) is 6.97. The van der Waals surface area contributed by atoms with E-state index in [9.17, 15) is 4.79 Å². The number of carbonyl (C=O) groups is 1. The largest absolute Gasteiger partial charge is 0.464 e. The van der Waals surface area contributed by atoms with Crippen LogP contribution in [-0.4, -0.2) is 42.2 Å². The molecule has 1 aliphatic rings. The molecule has 3 heterocycles. The fourth-order valence-electron chi connectivity index (χ4n) is 2.57. The van der Waals surface area contributed by atoms with E-state index in [-0.39, 0.29) is 5.97 Å². The monoisotopic (exact) mass is 317 g/mol. The van der Waals surface area contributed by atoms with Gasteiger partial charge in [-0.15, -0.1) is 5.06 Å². The van der Waals surface area contributed by atoms with Crippen molar-refractivity contribution in [1.82, 2.24) is 10.0 Å². The third kappa shape index (κ3) is 3.17. The van der Waals surface area contributed by atoms with Gasteiger partial charge in [-0.05, 0) is 33.8 Å². The van der Waals surface area contributed by atoms with Crippen LogP contribution in [0.1, 0.15) is 26.3 Å². The predicted octanol–water partition coefficient (Wildman–Crippen LogP) is 2.76. The Morgan fingerprint density at radius 2 is 1.96 bits per heavy atom. The molecule has 0 amide bonds. The number of hydrogen-bond donors (Lipinski definition) is 0. The molecule has 6 nitrogen and oxygen atoms in total. The molecule has 124 valence electrons. The lowest BCUT2D eigenvalue weighted by molar-refractivity contribution is -0.201. The molecule has 0 saturated carbocycles. The Bertz CT molecular complexity index is 709. The average molecular weight is 317 g/mol. The number of aromatic nitrogens is 1. The van der Waals surface area contributed by atoms with Crippen LogP contribution in [0.5, 0.6) is 0 Å². The Morgan fingerprint density at radius 3 is 2.61 bits per heavy atom. The van der Waals surface area contributed by atoms with Gasteiger partial charge < -0.3 is 14.2 Å². The average Bonchev–Trinajstić information content (AvgIpc) is 2.98. The first-order chi connectivity index (χ1) is 10.9. The van der Waals surface area contributed by atoms with Crippen LogP contribution < -0.4 is 4.90 Å². The molecule has 23 heavy (non-hydrogen) atoms. The van der Waals surface area contributed by atoms with Gasteiger partial charge in [-0.3, -0.25) is 0 Å². The molecule has 0 bridgehead atoms. The Hall–Kier alpha value is -2.08. The first-order valence-corrected chi connectivity index (χ1v) is 7.91. The second kappa shape index (κ2) is 5.85. The molecule has 6 heteroatoms. The van der Waals surface area contributed by atoms with Crippen LogP contribution >= 0.6 is 0 Å². The van der Waals surface area contributed by atoms with E-state index in [1.807, 2.05) is 40.0 Å². The van der Waals surface area contributed by atoms with Crippen molar-refractivity contribution in [1.29, 1.82) is 0 Å². The Morgan fingerprint density at radius 1 is 1.26 bits per heavy atom. The number of pyridine rings is 1. The number of fused-ring (bicyclic) bond motifs is 1. The van der Waals surface area contributed by atoms with Crippen molar-refractivity contribution in [2.24, 2.45) is 5.41 Å². The minimum absolute atomic E-state index is 0.198. The van der Waals surface area contributed by atoms with Gasteiger partial charge in [-0.1, -0.05) is 0 Å². The molecule has 1 fully saturated rings. The fraction of sp³-hybridized carbons (Fsp3) is 0.529. The normalized spacial score (nSPS) is 16.8. The summed E-state index contributed by atoms with van der Waals surface area (Å²) in [6, 6.07) is 1.96. The molecule has 0 aromatic carbocycles. The highest BCUT2D eigenvalue weighted by Crippen LogP contribution is 2.28. The van der Waals surface area contributed by atoms with Crippen LogP contribution in [0.25, 0.3) is 11.0 Å². The zero-order chi connectivity index (χ0) is 16.6. The van der Waals surface area contributed by atoms with Gasteiger partial charge in [0.2, 0.25) is 0 Å². The molecular formula is C17H23N3O3. The molecule has 0 atom stereocenters. The number of anilines is 1. The smallest absolute Gasteiger partial charge is 0.330 e. The number of nitrogens with zero attached hydrogens (tertiary/aromatic N) is 3. The van der Waals surface area contributed by atoms with Gasteiger partial charge in [0.15, 0.2) is 0 Å². The maximum Gasteiger partial charge on any atom is 0.330 e. The molecule has 1 aliphatic heterocycles. The van der Waals surface area contributed by atoms with E-state index in [2.05, 4.69) is 9.88 Å². The summed E-state index contributed by atoms with van der Waals surface area (Å²) in [5, 5.41) is 2.77. The number of aryl methyl sites for hydroxylation is 1. The number of carbonyl (C=O) groups excluding carboxylic acids is 1. The summed E-state index contributed by atoms with van der Waals surface area (Å²) in [5.74, 6) is 0.734. The zero-order valence-corrected chi connectivity index (χ0v) is 14.1. The highest BCUT2D eigenvalue weighted by molar-refractivity contribution is 5.90. The summed E-state index contributed by atoms with van der Waals surface area (Å²) in [6.45, 7) is 10.4. The summed E-state index contributed by atoms with van der Waals surface area (Å²) in [6.07, 6.45) is 3.54. The van der Waals surface area contributed by atoms with Crippen LogP contribution in [0.3, 0.4) is 0 Å². The number of rotatable bonds is 2. The van der Waals surface area contributed by atoms with Gasteiger partial charge in [0.05, 0.1) is 30.2 Å². The van der Waals surface area contributed by atoms with Crippen LogP contribution in [-0.2, 0) is 9.63 Å².